The van der Waals surface area contributed by atoms with E-state index in [0.717, 1.165) is 11.1 Å². The number of carbonyl (C=O) groups excluding carboxylic acids is 1. The standard InChI is InChI=1S/C22H19N5O2/c1-3-15-12-17(26-19-18(15)24-13-25-20(19)23)16-6-4-5-14(11-16)7-8-22(29)9-10-27(2)21(22)28/h3-6,11-13,29H,1,9-10H2,2H3,(H2,23,24,25)/t22-/m0/s1. The highest BCUT2D eigenvalue weighted by molar-refractivity contribution is 5.92. The van der Waals surface area contributed by atoms with Crippen molar-refractivity contribution in [3.8, 4) is 23.1 Å². The average molecular weight is 385 g/mol. The number of pyridine rings is 1. The molecule has 29 heavy (non-hydrogen) atoms. The second kappa shape index (κ2) is 7.00. The highest BCUT2D eigenvalue weighted by Crippen LogP contribution is 2.27. The third-order valence-corrected chi connectivity index (χ3v) is 4.95. The van der Waals surface area contributed by atoms with Crippen molar-refractivity contribution in [1.82, 2.24) is 19.9 Å². The minimum atomic E-state index is -1.63. The molecule has 1 atom stereocenters. The predicted molar refractivity (Wildman–Crippen MR) is 111 cm³/mol. The average Bonchev–Trinajstić information content (AvgIpc) is 3.00. The van der Waals surface area contributed by atoms with Crippen LogP contribution < -0.4 is 5.73 Å². The van der Waals surface area contributed by atoms with Crippen molar-refractivity contribution >= 4 is 28.8 Å². The predicted octanol–water partition coefficient (Wildman–Crippen LogP) is 1.86. The third-order valence-electron chi connectivity index (χ3n) is 4.95. The molecule has 0 bridgehead atoms. The highest BCUT2D eigenvalue weighted by Gasteiger charge is 2.42. The largest absolute Gasteiger partial charge is 0.382 e. The molecule has 3 aromatic rings. The van der Waals surface area contributed by atoms with E-state index < -0.39 is 5.60 Å². The maximum atomic E-state index is 12.1. The van der Waals surface area contributed by atoms with Gasteiger partial charge < -0.3 is 15.7 Å². The summed E-state index contributed by atoms with van der Waals surface area (Å²) < 4.78 is 0. The lowest BCUT2D eigenvalue weighted by Gasteiger charge is -2.13. The first kappa shape index (κ1) is 18.6. The number of nitrogens with zero attached hydrogens (tertiary/aromatic N) is 4. The van der Waals surface area contributed by atoms with Gasteiger partial charge in [-0.3, -0.25) is 4.79 Å². The topological polar surface area (TPSA) is 105 Å². The van der Waals surface area contributed by atoms with Crippen LogP contribution in [0.3, 0.4) is 0 Å². The summed E-state index contributed by atoms with van der Waals surface area (Å²) in [7, 11) is 1.65. The van der Waals surface area contributed by atoms with Gasteiger partial charge in [0.05, 0.1) is 5.69 Å². The molecule has 3 N–H and O–H groups in total. The van der Waals surface area contributed by atoms with Crippen LogP contribution in [0.5, 0.6) is 0 Å². The molecule has 2 aromatic heterocycles. The summed E-state index contributed by atoms with van der Waals surface area (Å²) >= 11 is 0. The molecule has 0 saturated carbocycles. The van der Waals surface area contributed by atoms with Crippen molar-refractivity contribution in [1.29, 1.82) is 0 Å². The van der Waals surface area contributed by atoms with Gasteiger partial charge in [-0.15, -0.1) is 0 Å². The first-order chi connectivity index (χ1) is 13.9. The van der Waals surface area contributed by atoms with E-state index in [1.165, 1.54) is 11.2 Å². The first-order valence-corrected chi connectivity index (χ1v) is 9.06. The summed E-state index contributed by atoms with van der Waals surface area (Å²) in [5, 5.41) is 10.5. The Hall–Kier alpha value is -3.76. The minimum absolute atomic E-state index is 0.294. The molecule has 1 amide bonds. The molecule has 1 fully saturated rings. The van der Waals surface area contributed by atoms with Gasteiger partial charge in [0.15, 0.2) is 5.82 Å². The normalized spacial score (nSPS) is 18.6. The van der Waals surface area contributed by atoms with E-state index in [2.05, 4.69) is 33.4 Å². The zero-order chi connectivity index (χ0) is 20.6. The SMILES string of the molecule is C=Cc1cc(-c2cccc(C#C[C@]3(O)CCN(C)C3=O)c2)nc2c(N)ncnc12. The molecule has 0 radical (unpaired) electrons. The highest BCUT2D eigenvalue weighted by atomic mass is 16.3. The molecule has 1 aromatic carbocycles. The van der Waals surface area contributed by atoms with Crippen molar-refractivity contribution in [3.05, 3.63) is 54.4 Å². The molecule has 7 nitrogen and oxygen atoms in total. The number of nitrogen functional groups attached to an aromatic ring is 1. The van der Waals surface area contributed by atoms with Gasteiger partial charge in [-0.05, 0) is 18.2 Å². The van der Waals surface area contributed by atoms with Crippen LogP contribution in [-0.2, 0) is 4.79 Å². The first-order valence-electron chi connectivity index (χ1n) is 9.06. The van der Waals surface area contributed by atoms with E-state index >= 15 is 0 Å². The van der Waals surface area contributed by atoms with Crippen LogP contribution in [0, 0.1) is 11.8 Å². The Labute approximate surface area is 167 Å². The Balaban J connectivity index is 1.76. The summed E-state index contributed by atoms with van der Waals surface area (Å²) in [5.74, 6) is 5.57. The maximum absolute atomic E-state index is 12.1. The number of amides is 1. The second-order valence-electron chi connectivity index (χ2n) is 6.92. The van der Waals surface area contributed by atoms with Crippen LogP contribution in [0.4, 0.5) is 5.82 Å². The molecule has 1 aliphatic heterocycles. The lowest BCUT2D eigenvalue weighted by atomic mass is 10.0. The Morgan fingerprint density at radius 1 is 1.31 bits per heavy atom. The number of fused-ring (bicyclic) bond motifs is 1. The number of aliphatic hydroxyl groups is 1. The van der Waals surface area contributed by atoms with Crippen molar-refractivity contribution in [2.24, 2.45) is 0 Å². The molecular weight excluding hydrogens is 366 g/mol. The number of aromatic nitrogens is 3. The van der Waals surface area contributed by atoms with Gasteiger partial charge in [0, 0.05) is 36.7 Å². The van der Waals surface area contributed by atoms with Gasteiger partial charge in [0.2, 0.25) is 5.60 Å². The number of rotatable bonds is 2. The molecular formula is C22H19N5O2. The molecule has 0 unspecified atom stereocenters. The van der Waals surface area contributed by atoms with Crippen molar-refractivity contribution in [3.63, 3.8) is 0 Å². The third kappa shape index (κ3) is 3.30. The van der Waals surface area contributed by atoms with E-state index in [1.807, 2.05) is 30.3 Å². The molecule has 3 heterocycles. The van der Waals surface area contributed by atoms with Crippen molar-refractivity contribution in [2.45, 2.75) is 12.0 Å². The smallest absolute Gasteiger partial charge is 0.267 e. The van der Waals surface area contributed by atoms with Gasteiger partial charge in [-0.25, -0.2) is 15.0 Å². The van der Waals surface area contributed by atoms with Crippen molar-refractivity contribution < 1.29 is 9.90 Å². The fraction of sp³-hybridized carbons (Fsp3) is 0.182. The zero-order valence-corrected chi connectivity index (χ0v) is 15.9. The van der Waals surface area contributed by atoms with Gasteiger partial charge >= 0.3 is 0 Å². The van der Waals surface area contributed by atoms with Gasteiger partial charge in [-0.1, -0.05) is 36.6 Å². The number of benzene rings is 1. The lowest BCUT2D eigenvalue weighted by molar-refractivity contribution is -0.137. The van der Waals surface area contributed by atoms with E-state index in [9.17, 15) is 9.90 Å². The van der Waals surface area contributed by atoms with E-state index in [1.54, 1.807) is 13.1 Å². The van der Waals surface area contributed by atoms with Crippen LogP contribution in [0.25, 0.3) is 28.4 Å². The number of hydrogen-bond acceptors (Lipinski definition) is 6. The summed E-state index contributed by atoms with van der Waals surface area (Å²) in [4.78, 5) is 26.4. The van der Waals surface area contributed by atoms with Crippen LogP contribution in [0.1, 0.15) is 17.5 Å². The number of likely N-dealkylation sites (tertiary alicyclic amines) is 1. The second-order valence-corrected chi connectivity index (χ2v) is 6.92. The molecule has 4 rings (SSSR count). The number of hydrogen-bond donors (Lipinski definition) is 2. The maximum Gasteiger partial charge on any atom is 0.267 e. The van der Waals surface area contributed by atoms with Crippen molar-refractivity contribution in [2.75, 3.05) is 19.3 Å². The Morgan fingerprint density at radius 2 is 2.14 bits per heavy atom. The molecule has 1 aliphatic rings. The monoisotopic (exact) mass is 385 g/mol. The Kier molecular flexibility index (Phi) is 4.49. The fourth-order valence-electron chi connectivity index (χ4n) is 3.29. The molecule has 0 spiro atoms. The molecule has 1 saturated heterocycles. The summed E-state index contributed by atoms with van der Waals surface area (Å²) in [6.07, 6.45) is 3.39. The molecule has 7 heteroatoms. The number of likely N-dealkylation sites (N-methyl/N-ethyl adjacent to an activating group) is 1. The van der Waals surface area contributed by atoms with Crippen LogP contribution >= 0.6 is 0 Å². The summed E-state index contributed by atoms with van der Waals surface area (Å²) in [5.41, 5.74) is 8.44. The number of nitrogens with two attached hydrogens (primary N) is 1. The Morgan fingerprint density at radius 3 is 2.86 bits per heavy atom. The fourth-order valence-corrected chi connectivity index (χ4v) is 3.29. The van der Waals surface area contributed by atoms with Gasteiger partial charge in [-0.2, -0.15) is 0 Å². The number of anilines is 1. The number of carbonyl (C=O) groups is 1. The van der Waals surface area contributed by atoms with Crippen LogP contribution in [0.2, 0.25) is 0 Å². The molecule has 144 valence electrons. The van der Waals surface area contributed by atoms with Crippen LogP contribution in [-0.4, -0.2) is 50.1 Å². The van der Waals surface area contributed by atoms with Crippen LogP contribution in [0.15, 0.2) is 43.2 Å². The van der Waals surface area contributed by atoms with E-state index in [4.69, 9.17) is 5.73 Å². The van der Waals surface area contributed by atoms with Gasteiger partial charge in [0.25, 0.3) is 5.91 Å². The minimum Gasteiger partial charge on any atom is -0.382 e. The van der Waals surface area contributed by atoms with Gasteiger partial charge in [0.1, 0.15) is 17.4 Å². The van der Waals surface area contributed by atoms with E-state index in [-0.39, 0.29) is 5.91 Å². The summed E-state index contributed by atoms with van der Waals surface area (Å²) in [6.45, 7) is 4.33. The quantitative estimate of drug-likeness (QED) is 0.653. The summed E-state index contributed by atoms with van der Waals surface area (Å²) in [6, 6.07) is 9.28. The zero-order valence-electron chi connectivity index (χ0n) is 15.9. The Bertz CT molecular complexity index is 1210. The lowest BCUT2D eigenvalue weighted by Crippen LogP contribution is -2.37. The molecule has 0 aliphatic carbocycles. The van der Waals surface area contributed by atoms with E-state index in [0.29, 0.717) is 41.1 Å².